The van der Waals surface area contributed by atoms with Crippen LogP contribution in [0, 0.1) is 5.92 Å². The summed E-state index contributed by atoms with van der Waals surface area (Å²) in [5.41, 5.74) is 3.10. The van der Waals surface area contributed by atoms with Crippen LogP contribution in [-0.2, 0) is 12.8 Å². The van der Waals surface area contributed by atoms with Gasteiger partial charge in [-0.15, -0.1) is 0 Å². The normalized spacial score (nSPS) is 26.3. The highest BCUT2D eigenvalue weighted by molar-refractivity contribution is 5.33. The fourth-order valence-corrected chi connectivity index (χ4v) is 3.80. The summed E-state index contributed by atoms with van der Waals surface area (Å²) in [6, 6.07) is 10.2. The van der Waals surface area contributed by atoms with Gasteiger partial charge in [-0.2, -0.15) is 0 Å². The average Bonchev–Trinajstić information content (AvgIpc) is 2.80. The van der Waals surface area contributed by atoms with Crippen molar-refractivity contribution in [2.45, 2.75) is 44.7 Å². The number of hydrogen-bond donors (Lipinski definition) is 1. The van der Waals surface area contributed by atoms with Gasteiger partial charge in [-0.1, -0.05) is 24.3 Å². The molecule has 1 N–H and O–H groups in total. The van der Waals surface area contributed by atoms with Crippen LogP contribution in [0.2, 0.25) is 0 Å². The molecular weight excluding hydrogens is 232 g/mol. The Bertz CT molecular complexity index is 404. The zero-order valence-electron chi connectivity index (χ0n) is 12.2. The summed E-state index contributed by atoms with van der Waals surface area (Å²) in [6.07, 6.45) is 5.17. The molecule has 2 heteroatoms. The first-order valence-electron chi connectivity index (χ1n) is 7.74. The molecule has 2 unspecified atom stereocenters. The van der Waals surface area contributed by atoms with Crippen LogP contribution in [0.25, 0.3) is 0 Å². The topological polar surface area (TPSA) is 15.3 Å². The van der Waals surface area contributed by atoms with Gasteiger partial charge in [0.1, 0.15) is 0 Å². The third-order valence-electron chi connectivity index (χ3n) is 4.92. The number of benzene rings is 1. The van der Waals surface area contributed by atoms with E-state index in [9.17, 15) is 0 Å². The molecule has 0 radical (unpaired) electrons. The van der Waals surface area contributed by atoms with E-state index in [4.69, 9.17) is 0 Å². The molecule has 3 rings (SSSR count). The van der Waals surface area contributed by atoms with Crippen molar-refractivity contribution in [2.75, 3.05) is 20.1 Å². The minimum atomic E-state index is 0.641. The van der Waals surface area contributed by atoms with E-state index in [-0.39, 0.29) is 0 Å². The highest BCUT2D eigenvalue weighted by Gasteiger charge is 2.27. The van der Waals surface area contributed by atoms with Crippen LogP contribution in [0.15, 0.2) is 24.3 Å². The van der Waals surface area contributed by atoms with E-state index in [2.05, 4.69) is 48.5 Å². The SMILES string of the molecule is CC(NC1Cc2ccccc2C1)C1CCCN(C)C1. The Balaban J connectivity index is 1.55. The van der Waals surface area contributed by atoms with Crippen molar-refractivity contribution in [3.05, 3.63) is 35.4 Å². The molecule has 1 aromatic rings. The fourth-order valence-electron chi connectivity index (χ4n) is 3.80. The molecule has 1 heterocycles. The molecule has 2 nitrogen and oxygen atoms in total. The summed E-state index contributed by atoms with van der Waals surface area (Å²) in [4.78, 5) is 2.48. The second-order valence-electron chi connectivity index (χ2n) is 6.49. The maximum Gasteiger partial charge on any atom is 0.0151 e. The summed E-state index contributed by atoms with van der Waals surface area (Å²) >= 11 is 0. The van der Waals surface area contributed by atoms with Gasteiger partial charge in [0.25, 0.3) is 0 Å². The summed E-state index contributed by atoms with van der Waals surface area (Å²) < 4.78 is 0. The molecule has 19 heavy (non-hydrogen) atoms. The molecule has 0 saturated carbocycles. The van der Waals surface area contributed by atoms with Crippen molar-refractivity contribution in [2.24, 2.45) is 5.92 Å². The zero-order valence-corrected chi connectivity index (χ0v) is 12.2. The van der Waals surface area contributed by atoms with E-state index in [1.54, 1.807) is 11.1 Å². The van der Waals surface area contributed by atoms with E-state index in [1.807, 2.05) is 0 Å². The summed E-state index contributed by atoms with van der Waals surface area (Å²) in [7, 11) is 2.25. The van der Waals surface area contributed by atoms with E-state index in [1.165, 1.54) is 38.8 Å². The van der Waals surface area contributed by atoms with Crippen LogP contribution >= 0.6 is 0 Å². The first kappa shape index (κ1) is 13.1. The van der Waals surface area contributed by atoms with Crippen molar-refractivity contribution < 1.29 is 0 Å². The van der Waals surface area contributed by atoms with Gasteiger partial charge in [-0.25, -0.2) is 0 Å². The van der Waals surface area contributed by atoms with Gasteiger partial charge in [-0.05, 0) is 63.2 Å². The largest absolute Gasteiger partial charge is 0.311 e. The molecule has 2 atom stereocenters. The van der Waals surface area contributed by atoms with Crippen molar-refractivity contribution in [1.29, 1.82) is 0 Å². The summed E-state index contributed by atoms with van der Waals surface area (Å²) in [6.45, 7) is 4.92. The van der Waals surface area contributed by atoms with E-state index in [0.29, 0.717) is 12.1 Å². The Kier molecular flexibility index (Phi) is 3.90. The monoisotopic (exact) mass is 258 g/mol. The Labute approximate surface area is 117 Å². The molecule has 1 saturated heterocycles. The molecule has 1 fully saturated rings. The quantitative estimate of drug-likeness (QED) is 0.896. The Morgan fingerprint density at radius 2 is 1.89 bits per heavy atom. The molecule has 2 aliphatic rings. The van der Waals surface area contributed by atoms with Crippen molar-refractivity contribution in [3.63, 3.8) is 0 Å². The van der Waals surface area contributed by atoms with Gasteiger partial charge in [0.15, 0.2) is 0 Å². The highest BCUT2D eigenvalue weighted by Crippen LogP contribution is 2.24. The molecule has 104 valence electrons. The third-order valence-corrected chi connectivity index (χ3v) is 4.92. The standard InChI is InChI=1S/C17H26N2/c1-13(16-8-5-9-19(2)12-16)18-17-10-14-6-3-4-7-15(14)11-17/h3-4,6-7,13,16-18H,5,8-12H2,1-2H3. The Morgan fingerprint density at radius 3 is 2.53 bits per heavy atom. The van der Waals surface area contributed by atoms with Crippen LogP contribution in [0.3, 0.4) is 0 Å². The predicted molar refractivity (Wildman–Crippen MR) is 80.5 cm³/mol. The van der Waals surface area contributed by atoms with Gasteiger partial charge in [0, 0.05) is 18.6 Å². The van der Waals surface area contributed by atoms with Crippen LogP contribution in [-0.4, -0.2) is 37.1 Å². The lowest BCUT2D eigenvalue weighted by Gasteiger charge is -2.35. The molecular formula is C17H26N2. The van der Waals surface area contributed by atoms with Gasteiger partial charge in [-0.3, -0.25) is 0 Å². The lowest BCUT2D eigenvalue weighted by molar-refractivity contribution is 0.173. The molecule has 0 bridgehead atoms. The minimum absolute atomic E-state index is 0.641. The average molecular weight is 258 g/mol. The first-order chi connectivity index (χ1) is 9.22. The number of nitrogens with zero attached hydrogens (tertiary/aromatic N) is 1. The Hall–Kier alpha value is -0.860. The van der Waals surface area contributed by atoms with Gasteiger partial charge < -0.3 is 10.2 Å². The lowest BCUT2D eigenvalue weighted by Crippen LogP contribution is -2.46. The van der Waals surface area contributed by atoms with Crippen molar-refractivity contribution in [1.82, 2.24) is 10.2 Å². The minimum Gasteiger partial charge on any atom is -0.311 e. The first-order valence-corrected chi connectivity index (χ1v) is 7.74. The number of likely N-dealkylation sites (tertiary alicyclic amines) is 1. The molecule has 0 amide bonds. The number of nitrogens with one attached hydrogen (secondary N) is 1. The maximum atomic E-state index is 3.89. The molecule has 0 aromatic heterocycles. The highest BCUT2D eigenvalue weighted by atomic mass is 15.1. The van der Waals surface area contributed by atoms with E-state index in [0.717, 1.165) is 5.92 Å². The molecule has 1 aromatic carbocycles. The zero-order chi connectivity index (χ0) is 13.2. The second-order valence-corrected chi connectivity index (χ2v) is 6.49. The predicted octanol–water partition coefficient (Wildman–Crippen LogP) is 2.47. The third kappa shape index (κ3) is 3.01. The number of rotatable bonds is 3. The summed E-state index contributed by atoms with van der Waals surface area (Å²) in [5, 5.41) is 3.89. The van der Waals surface area contributed by atoms with Gasteiger partial charge in [0.2, 0.25) is 0 Å². The summed E-state index contributed by atoms with van der Waals surface area (Å²) in [5.74, 6) is 0.822. The molecule has 1 aliphatic carbocycles. The van der Waals surface area contributed by atoms with Crippen molar-refractivity contribution in [3.8, 4) is 0 Å². The lowest BCUT2D eigenvalue weighted by atomic mass is 9.91. The van der Waals surface area contributed by atoms with Crippen LogP contribution in [0.5, 0.6) is 0 Å². The molecule has 1 aliphatic heterocycles. The second kappa shape index (κ2) is 5.64. The fraction of sp³-hybridized carbons (Fsp3) is 0.647. The van der Waals surface area contributed by atoms with E-state index >= 15 is 0 Å². The molecule has 0 spiro atoms. The van der Waals surface area contributed by atoms with Gasteiger partial charge >= 0.3 is 0 Å². The van der Waals surface area contributed by atoms with E-state index < -0.39 is 0 Å². The van der Waals surface area contributed by atoms with Gasteiger partial charge in [0.05, 0.1) is 0 Å². The van der Waals surface area contributed by atoms with Crippen LogP contribution < -0.4 is 5.32 Å². The Morgan fingerprint density at radius 1 is 1.21 bits per heavy atom. The van der Waals surface area contributed by atoms with Crippen LogP contribution in [0.4, 0.5) is 0 Å². The number of hydrogen-bond acceptors (Lipinski definition) is 2. The maximum absolute atomic E-state index is 3.89. The number of fused-ring (bicyclic) bond motifs is 1. The van der Waals surface area contributed by atoms with Crippen molar-refractivity contribution >= 4 is 0 Å². The number of piperidine rings is 1. The smallest absolute Gasteiger partial charge is 0.0151 e. The van der Waals surface area contributed by atoms with Crippen LogP contribution in [0.1, 0.15) is 30.9 Å².